The molecule has 0 atom stereocenters. The lowest BCUT2D eigenvalue weighted by atomic mass is 10.1. The van der Waals surface area contributed by atoms with Gasteiger partial charge >= 0.3 is 0 Å². The first-order valence-corrected chi connectivity index (χ1v) is 7.41. The van der Waals surface area contributed by atoms with Gasteiger partial charge in [-0.05, 0) is 50.3 Å². The summed E-state index contributed by atoms with van der Waals surface area (Å²) < 4.78 is 0. The van der Waals surface area contributed by atoms with Crippen molar-refractivity contribution in [1.29, 1.82) is 0 Å². The zero-order valence-corrected chi connectivity index (χ0v) is 11.6. The fraction of sp³-hybridized carbons (Fsp3) is 0.562. The van der Waals surface area contributed by atoms with E-state index in [1.54, 1.807) is 0 Å². The average molecular weight is 260 g/mol. The molecule has 1 heterocycles. The molecule has 0 bridgehead atoms. The third-order valence-corrected chi connectivity index (χ3v) is 3.76. The van der Waals surface area contributed by atoms with E-state index in [0.29, 0.717) is 6.42 Å². The van der Waals surface area contributed by atoms with E-state index < -0.39 is 0 Å². The van der Waals surface area contributed by atoms with Crippen LogP contribution in [0.5, 0.6) is 0 Å². The maximum atomic E-state index is 12.4. The summed E-state index contributed by atoms with van der Waals surface area (Å²) >= 11 is 0. The Labute approximate surface area is 115 Å². The number of carbonyl (C=O) groups is 1. The number of fused-ring (bicyclic) bond motifs is 1. The molecule has 19 heavy (non-hydrogen) atoms. The highest BCUT2D eigenvalue weighted by Gasteiger charge is 2.19. The molecule has 2 rings (SSSR count). The van der Waals surface area contributed by atoms with E-state index in [4.69, 9.17) is 5.73 Å². The van der Waals surface area contributed by atoms with Gasteiger partial charge in [-0.3, -0.25) is 4.79 Å². The minimum atomic E-state index is 0.270. The highest BCUT2D eigenvalue weighted by Crippen LogP contribution is 2.26. The molecule has 1 aromatic rings. The molecule has 2 N–H and O–H groups in total. The number of nitrogens with two attached hydrogens (primary N) is 1. The Bertz CT molecular complexity index is 417. The van der Waals surface area contributed by atoms with Crippen LogP contribution in [0.1, 0.15) is 44.1 Å². The van der Waals surface area contributed by atoms with Crippen LogP contribution in [0.25, 0.3) is 0 Å². The van der Waals surface area contributed by atoms with E-state index in [-0.39, 0.29) is 5.91 Å². The Hall–Kier alpha value is -1.35. The molecule has 0 aliphatic carbocycles. The molecule has 1 aromatic carbocycles. The summed E-state index contributed by atoms with van der Waals surface area (Å²) in [5.41, 5.74) is 7.92. The van der Waals surface area contributed by atoms with Crippen molar-refractivity contribution in [3.63, 3.8) is 0 Å². The monoisotopic (exact) mass is 260 g/mol. The smallest absolute Gasteiger partial charge is 0.226 e. The standard InChI is InChI=1S/C16H24N2O/c17-12-6-1-2-11-16(19)18-13-7-5-9-14-8-3-4-10-15(14)18/h3-4,8,10H,1-2,5-7,9,11-13,17H2. The normalized spacial score (nSPS) is 14.9. The van der Waals surface area contributed by atoms with Gasteiger partial charge in [-0.1, -0.05) is 24.6 Å². The van der Waals surface area contributed by atoms with Crippen LogP contribution in [0.15, 0.2) is 24.3 Å². The summed E-state index contributed by atoms with van der Waals surface area (Å²) in [6.45, 7) is 1.59. The number of aryl methyl sites for hydroxylation is 1. The fourth-order valence-corrected chi connectivity index (χ4v) is 2.68. The molecular weight excluding hydrogens is 236 g/mol. The Morgan fingerprint density at radius 1 is 1.16 bits per heavy atom. The lowest BCUT2D eigenvalue weighted by molar-refractivity contribution is -0.118. The van der Waals surface area contributed by atoms with Gasteiger partial charge in [0.05, 0.1) is 0 Å². The lowest BCUT2D eigenvalue weighted by Crippen LogP contribution is -2.31. The maximum Gasteiger partial charge on any atom is 0.226 e. The zero-order chi connectivity index (χ0) is 13.5. The second-order valence-corrected chi connectivity index (χ2v) is 5.23. The number of para-hydroxylation sites is 1. The Balaban J connectivity index is 2.00. The fourth-order valence-electron chi connectivity index (χ4n) is 2.68. The number of unbranched alkanes of at least 4 members (excludes halogenated alkanes) is 2. The van der Waals surface area contributed by atoms with E-state index in [9.17, 15) is 4.79 Å². The summed E-state index contributed by atoms with van der Waals surface area (Å²) in [6, 6.07) is 8.32. The van der Waals surface area contributed by atoms with Crippen LogP contribution >= 0.6 is 0 Å². The summed E-state index contributed by atoms with van der Waals surface area (Å²) in [6.07, 6.45) is 7.04. The first-order chi connectivity index (χ1) is 9.33. The van der Waals surface area contributed by atoms with E-state index in [0.717, 1.165) is 50.9 Å². The number of rotatable bonds is 5. The third-order valence-electron chi connectivity index (χ3n) is 3.76. The van der Waals surface area contributed by atoms with Crippen LogP contribution in [-0.2, 0) is 11.2 Å². The molecule has 3 nitrogen and oxygen atoms in total. The SMILES string of the molecule is NCCCCCC(=O)N1CCCCc2ccccc21. The van der Waals surface area contributed by atoms with Gasteiger partial charge in [0.2, 0.25) is 5.91 Å². The number of carbonyl (C=O) groups excluding carboxylic acids is 1. The first-order valence-electron chi connectivity index (χ1n) is 7.41. The average Bonchev–Trinajstić information content (AvgIpc) is 2.66. The Kier molecular flexibility index (Phi) is 5.40. The molecule has 0 spiro atoms. The van der Waals surface area contributed by atoms with Crippen molar-refractivity contribution in [1.82, 2.24) is 0 Å². The van der Waals surface area contributed by atoms with Gasteiger partial charge in [0, 0.05) is 18.7 Å². The highest BCUT2D eigenvalue weighted by molar-refractivity contribution is 5.94. The molecule has 0 fully saturated rings. The molecule has 0 aromatic heterocycles. The van der Waals surface area contributed by atoms with Gasteiger partial charge in [-0.2, -0.15) is 0 Å². The van der Waals surface area contributed by atoms with Crippen LogP contribution in [0.2, 0.25) is 0 Å². The molecule has 1 amide bonds. The molecular formula is C16H24N2O. The number of amides is 1. The summed E-state index contributed by atoms with van der Waals surface area (Å²) in [4.78, 5) is 14.4. The third kappa shape index (κ3) is 3.80. The minimum absolute atomic E-state index is 0.270. The second kappa shape index (κ2) is 7.29. The van der Waals surface area contributed by atoms with E-state index >= 15 is 0 Å². The molecule has 0 radical (unpaired) electrons. The predicted octanol–water partition coefficient (Wildman–Crippen LogP) is 2.88. The van der Waals surface area contributed by atoms with Gasteiger partial charge in [-0.25, -0.2) is 0 Å². The van der Waals surface area contributed by atoms with Crippen molar-refractivity contribution >= 4 is 11.6 Å². The van der Waals surface area contributed by atoms with Crippen molar-refractivity contribution in [2.45, 2.75) is 44.9 Å². The van der Waals surface area contributed by atoms with E-state index in [1.807, 2.05) is 11.0 Å². The molecule has 0 unspecified atom stereocenters. The van der Waals surface area contributed by atoms with Crippen LogP contribution in [0, 0.1) is 0 Å². The maximum absolute atomic E-state index is 12.4. The number of anilines is 1. The minimum Gasteiger partial charge on any atom is -0.330 e. The van der Waals surface area contributed by atoms with Gasteiger partial charge in [-0.15, -0.1) is 0 Å². The Morgan fingerprint density at radius 2 is 2.00 bits per heavy atom. The molecule has 0 saturated heterocycles. The van der Waals surface area contributed by atoms with Crippen LogP contribution in [0.4, 0.5) is 5.69 Å². The van der Waals surface area contributed by atoms with Gasteiger partial charge in [0.15, 0.2) is 0 Å². The van der Waals surface area contributed by atoms with Crippen molar-refractivity contribution in [2.24, 2.45) is 5.73 Å². The summed E-state index contributed by atoms with van der Waals surface area (Å²) in [5, 5.41) is 0. The van der Waals surface area contributed by atoms with Crippen LogP contribution in [-0.4, -0.2) is 19.0 Å². The number of hydrogen-bond donors (Lipinski definition) is 1. The molecule has 3 heteroatoms. The predicted molar refractivity (Wildman–Crippen MR) is 79.3 cm³/mol. The van der Waals surface area contributed by atoms with Crippen molar-refractivity contribution in [2.75, 3.05) is 18.0 Å². The lowest BCUT2D eigenvalue weighted by Gasteiger charge is -2.23. The number of nitrogens with zero attached hydrogens (tertiary/aromatic N) is 1. The van der Waals surface area contributed by atoms with Crippen molar-refractivity contribution < 1.29 is 4.79 Å². The van der Waals surface area contributed by atoms with Crippen molar-refractivity contribution in [3.05, 3.63) is 29.8 Å². The number of hydrogen-bond acceptors (Lipinski definition) is 2. The first kappa shape index (κ1) is 14.1. The molecule has 1 aliphatic heterocycles. The van der Waals surface area contributed by atoms with Crippen LogP contribution < -0.4 is 10.6 Å². The topological polar surface area (TPSA) is 46.3 Å². The molecule has 0 saturated carbocycles. The highest BCUT2D eigenvalue weighted by atomic mass is 16.2. The molecule has 1 aliphatic rings. The van der Waals surface area contributed by atoms with Crippen LogP contribution in [0.3, 0.4) is 0 Å². The van der Waals surface area contributed by atoms with Gasteiger partial charge in [0.25, 0.3) is 0 Å². The van der Waals surface area contributed by atoms with Gasteiger partial charge in [0.1, 0.15) is 0 Å². The number of benzene rings is 1. The molecule has 104 valence electrons. The largest absolute Gasteiger partial charge is 0.330 e. The van der Waals surface area contributed by atoms with Crippen molar-refractivity contribution in [3.8, 4) is 0 Å². The quantitative estimate of drug-likeness (QED) is 0.827. The van der Waals surface area contributed by atoms with Gasteiger partial charge < -0.3 is 10.6 Å². The second-order valence-electron chi connectivity index (χ2n) is 5.23. The summed E-state index contributed by atoms with van der Waals surface area (Å²) in [5.74, 6) is 0.270. The Morgan fingerprint density at radius 3 is 2.84 bits per heavy atom. The van der Waals surface area contributed by atoms with E-state index in [1.165, 1.54) is 12.0 Å². The van der Waals surface area contributed by atoms with E-state index in [2.05, 4.69) is 18.2 Å². The summed E-state index contributed by atoms with van der Waals surface area (Å²) in [7, 11) is 0. The zero-order valence-electron chi connectivity index (χ0n) is 11.6.